The predicted molar refractivity (Wildman–Crippen MR) is 62.7 cm³/mol. The Morgan fingerprint density at radius 3 is 3.13 bits per heavy atom. The van der Waals surface area contributed by atoms with Gasteiger partial charge in [-0.25, -0.2) is 0 Å². The third-order valence-corrected chi connectivity index (χ3v) is 3.50. The van der Waals surface area contributed by atoms with Crippen molar-refractivity contribution in [1.29, 1.82) is 0 Å². The van der Waals surface area contributed by atoms with Crippen molar-refractivity contribution in [1.82, 2.24) is 15.1 Å². The van der Waals surface area contributed by atoms with E-state index in [4.69, 9.17) is 6.42 Å². The molecule has 0 spiro atoms. The molecule has 1 atom stereocenters. The standard InChI is InChI=1S/C12H21N3/c1-2-5-13-6-8-14-9-10-15-7-3-4-12(15)11-14/h1,12-13H,3-11H2. The highest BCUT2D eigenvalue weighted by atomic mass is 15.3. The average molecular weight is 207 g/mol. The van der Waals surface area contributed by atoms with E-state index in [1.54, 1.807) is 0 Å². The fourth-order valence-electron chi connectivity index (χ4n) is 2.66. The zero-order valence-electron chi connectivity index (χ0n) is 9.41. The SMILES string of the molecule is C#CCNCCN1CCN2CCCC2C1. The van der Waals surface area contributed by atoms with E-state index in [1.165, 1.54) is 39.0 Å². The minimum atomic E-state index is 0.698. The summed E-state index contributed by atoms with van der Waals surface area (Å²) in [5.41, 5.74) is 0. The molecule has 2 fully saturated rings. The molecule has 0 saturated carbocycles. The van der Waals surface area contributed by atoms with Gasteiger partial charge in [-0.15, -0.1) is 6.42 Å². The van der Waals surface area contributed by atoms with Crippen LogP contribution in [0.1, 0.15) is 12.8 Å². The molecule has 1 unspecified atom stereocenters. The number of hydrogen-bond donors (Lipinski definition) is 1. The summed E-state index contributed by atoms with van der Waals surface area (Å²) in [5, 5.41) is 3.25. The van der Waals surface area contributed by atoms with E-state index < -0.39 is 0 Å². The van der Waals surface area contributed by atoms with E-state index in [1.807, 2.05) is 0 Å². The molecule has 3 nitrogen and oxygen atoms in total. The lowest BCUT2D eigenvalue weighted by atomic mass is 10.1. The van der Waals surface area contributed by atoms with Gasteiger partial charge in [-0.2, -0.15) is 0 Å². The highest BCUT2D eigenvalue weighted by Gasteiger charge is 2.29. The summed E-state index contributed by atoms with van der Waals surface area (Å²) in [5.74, 6) is 2.60. The molecule has 2 rings (SSSR count). The van der Waals surface area contributed by atoms with E-state index in [2.05, 4.69) is 21.0 Å². The van der Waals surface area contributed by atoms with E-state index in [-0.39, 0.29) is 0 Å². The largest absolute Gasteiger partial charge is 0.305 e. The van der Waals surface area contributed by atoms with E-state index in [0.29, 0.717) is 6.54 Å². The molecule has 84 valence electrons. The third kappa shape index (κ3) is 2.94. The van der Waals surface area contributed by atoms with Gasteiger partial charge in [0.25, 0.3) is 0 Å². The van der Waals surface area contributed by atoms with Gasteiger partial charge >= 0.3 is 0 Å². The maximum atomic E-state index is 5.19. The van der Waals surface area contributed by atoms with Gasteiger partial charge in [-0.05, 0) is 19.4 Å². The second-order valence-corrected chi connectivity index (χ2v) is 4.51. The first kappa shape index (κ1) is 10.9. The van der Waals surface area contributed by atoms with Crippen LogP contribution in [0.3, 0.4) is 0 Å². The van der Waals surface area contributed by atoms with Gasteiger partial charge in [0.1, 0.15) is 0 Å². The highest BCUT2D eigenvalue weighted by molar-refractivity contribution is 4.88. The van der Waals surface area contributed by atoms with Gasteiger partial charge < -0.3 is 5.32 Å². The van der Waals surface area contributed by atoms with Crippen LogP contribution in [0.5, 0.6) is 0 Å². The molecule has 0 bridgehead atoms. The van der Waals surface area contributed by atoms with Gasteiger partial charge in [-0.1, -0.05) is 5.92 Å². The molecule has 15 heavy (non-hydrogen) atoms. The lowest BCUT2D eigenvalue weighted by Crippen LogP contribution is -2.51. The van der Waals surface area contributed by atoms with Crippen LogP contribution in [-0.2, 0) is 0 Å². The Labute approximate surface area is 92.8 Å². The van der Waals surface area contributed by atoms with Crippen molar-refractivity contribution in [3.05, 3.63) is 0 Å². The van der Waals surface area contributed by atoms with Crippen LogP contribution in [0.4, 0.5) is 0 Å². The van der Waals surface area contributed by atoms with E-state index in [9.17, 15) is 0 Å². The molecule has 2 saturated heterocycles. The van der Waals surface area contributed by atoms with Gasteiger partial charge in [0.15, 0.2) is 0 Å². The minimum absolute atomic E-state index is 0.698. The Kier molecular flexibility index (Phi) is 4.01. The monoisotopic (exact) mass is 207 g/mol. The lowest BCUT2D eigenvalue weighted by molar-refractivity contribution is 0.105. The summed E-state index contributed by atoms with van der Waals surface area (Å²) >= 11 is 0. The van der Waals surface area contributed by atoms with Gasteiger partial charge in [-0.3, -0.25) is 9.80 Å². The van der Waals surface area contributed by atoms with Crippen LogP contribution in [0, 0.1) is 12.3 Å². The van der Waals surface area contributed by atoms with Gasteiger partial charge in [0, 0.05) is 38.8 Å². The number of rotatable bonds is 4. The third-order valence-electron chi connectivity index (χ3n) is 3.50. The Morgan fingerprint density at radius 1 is 1.33 bits per heavy atom. The molecule has 0 aliphatic carbocycles. The normalized spacial score (nSPS) is 27.5. The zero-order valence-corrected chi connectivity index (χ0v) is 9.41. The summed E-state index contributed by atoms with van der Waals surface area (Å²) < 4.78 is 0. The molecule has 1 N–H and O–H groups in total. The summed E-state index contributed by atoms with van der Waals surface area (Å²) in [7, 11) is 0. The molecular weight excluding hydrogens is 186 g/mol. The quantitative estimate of drug-likeness (QED) is 0.517. The Morgan fingerprint density at radius 2 is 2.27 bits per heavy atom. The van der Waals surface area contributed by atoms with Crippen molar-refractivity contribution in [3.63, 3.8) is 0 Å². The first-order valence-electron chi connectivity index (χ1n) is 6.01. The fourth-order valence-corrected chi connectivity index (χ4v) is 2.66. The van der Waals surface area contributed by atoms with Crippen LogP contribution >= 0.6 is 0 Å². The second kappa shape index (κ2) is 5.50. The average Bonchev–Trinajstić information content (AvgIpc) is 2.71. The number of terminal acetylenes is 1. The van der Waals surface area contributed by atoms with E-state index in [0.717, 1.165) is 19.1 Å². The molecule has 0 aromatic rings. The molecular formula is C12H21N3. The molecule has 2 aliphatic heterocycles. The van der Waals surface area contributed by atoms with Crippen LogP contribution < -0.4 is 5.32 Å². The molecule has 2 heterocycles. The second-order valence-electron chi connectivity index (χ2n) is 4.51. The zero-order chi connectivity index (χ0) is 10.5. The number of hydrogen-bond acceptors (Lipinski definition) is 3. The van der Waals surface area contributed by atoms with Crippen molar-refractivity contribution in [2.45, 2.75) is 18.9 Å². The van der Waals surface area contributed by atoms with Gasteiger partial charge in [0.2, 0.25) is 0 Å². The van der Waals surface area contributed by atoms with Crippen molar-refractivity contribution in [2.75, 3.05) is 45.8 Å². The predicted octanol–water partition coefficient (Wildman–Crippen LogP) is -0.0108. The molecule has 0 aromatic carbocycles. The van der Waals surface area contributed by atoms with Crippen molar-refractivity contribution >= 4 is 0 Å². The fraction of sp³-hybridized carbons (Fsp3) is 0.833. The number of piperazine rings is 1. The molecule has 2 aliphatic rings. The number of fused-ring (bicyclic) bond motifs is 1. The lowest BCUT2D eigenvalue weighted by Gasteiger charge is -2.37. The maximum absolute atomic E-state index is 5.19. The maximum Gasteiger partial charge on any atom is 0.0574 e. The Bertz CT molecular complexity index is 234. The minimum Gasteiger partial charge on any atom is -0.305 e. The summed E-state index contributed by atoms with van der Waals surface area (Å²) in [6, 6.07) is 0.839. The topological polar surface area (TPSA) is 18.5 Å². The van der Waals surface area contributed by atoms with Crippen LogP contribution in [0.2, 0.25) is 0 Å². The van der Waals surface area contributed by atoms with Gasteiger partial charge in [0.05, 0.1) is 6.54 Å². The van der Waals surface area contributed by atoms with Crippen molar-refractivity contribution < 1.29 is 0 Å². The smallest absolute Gasteiger partial charge is 0.0574 e. The molecule has 0 radical (unpaired) electrons. The number of nitrogens with zero attached hydrogens (tertiary/aromatic N) is 2. The summed E-state index contributed by atoms with van der Waals surface area (Å²) in [4.78, 5) is 5.21. The molecule has 0 aromatic heterocycles. The van der Waals surface area contributed by atoms with Crippen LogP contribution in [0.25, 0.3) is 0 Å². The first-order valence-corrected chi connectivity index (χ1v) is 6.01. The molecule has 3 heteroatoms. The Balaban J connectivity index is 1.65. The van der Waals surface area contributed by atoms with Crippen molar-refractivity contribution in [3.8, 4) is 12.3 Å². The van der Waals surface area contributed by atoms with Crippen molar-refractivity contribution in [2.24, 2.45) is 0 Å². The summed E-state index contributed by atoms with van der Waals surface area (Å²) in [6.07, 6.45) is 7.98. The number of nitrogens with one attached hydrogen (secondary N) is 1. The highest BCUT2D eigenvalue weighted by Crippen LogP contribution is 2.20. The van der Waals surface area contributed by atoms with Crippen LogP contribution in [0.15, 0.2) is 0 Å². The van der Waals surface area contributed by atoms with E-state index >= 15 is 0 Å². The summed E-state index contributed by atoms with van der Waals surface area (Å²) in [6.45, 7) is 7.95. The Hall–Kier alpha value is -0.560. The molecule has 0 amide bonds. The first-order chi connectivity index (χ1) is 7.40. The van der Waals surface area contributed by atoms with Crippen LogP contribution in [-0.4, -0.2) is 61.7 Å².